The van der Waals surface area contributed by atoms with Gasteiger partial charge in [0.25, 0.3) is 0 Å². The third kappa shape index (κ3) is 3.29. The molecule has 4 heteroatoms. The molecule has 0 bridgehead atoms. The van der Waals surface area contributed by atoms with Gasteiger partial charge in [-0.1, -0.05) is 24.3 Å². The van der Waals surface area contributed by atoms with E-state index in [0.29, 0.717) is 18.5 Å². The van der Waals surface area contributed by atoms with Crippen LogP contribution in [0.15, 0.2) is 28.6 Å². The fraction of sp³-hybridized carbons (Fsp3) is 0.611. The molecule has 2 unspecified atom stereocenters. The van der Waals surface area contributed by atoms with E-state index in [1.807, 2.05) is 6.08 Å². The summed E-state index contributed by atoms with van der Waals surface area (Å²) in [4.78, 5) is 13.1. The van der Waals surface area contributed by atoms with Gasteiger partial charge >= 0.3 is 0 Å². The SMILES string of the molecule is N#C[C@@H](CN1CC2CCCC2C1)/C1=C/C=C(/N=O)CC#CC1. The molecule has 0 aromatic rings. The molecule has 2 fully saturated rings. The van der Waals surface area contributed by atoms with Crippen LogP contribution in [0.3, 0.4) is 0 Å². The zero-order valence-corrected chi connectivity index (χ0v) is 12.8. The maximum absolute atomic E-state index is 10.7. The van der Waals surface area contributed by atoms with E-state index >= 15 is 0 Å². The molecule has 3 atom stereocenters. The summed E-state index contributed by atoms with van der Waals surface area (Å²) in [5, 5.41) is 12.5. The van der Waals surface area contributed by atoms with Crippen molar-refractivity contribution in [1.29, 1.82) is 5.26 Å². The molecular formula is C18H21N3O. The summed E-state index contributed by atoms with van der Waals surface area (Å²) >= 11 is 0. The van der Waals surface area contributed by atoms with E-state index in [1.165, 1.54) is 19.3 Å². The molecule has 0 aromatic carbocycles. The van der Waals surface area contributed by atoms with Crippen molar-refractivity contribution in [2.24, 2.45) is 22.9 Å². The van der Waals surface area contributed by atoms with Crippen LogP contribution in [0, 0.1) is 45.8 Å². The monoisotopic (exact) mass is 295 g/mol. The molecular weight excluding hydrogens is 274 g/mol. The minimum absolute atomic E-state index is 0.143. The van der Waals surface area contributed by atoms with Crippen molar-refractivity contribution in [2.75, 3.05) is 19.6 Å². The summed E-state index contributed by atoms with van der Waals surface area (Å²) in [5.74, 6) is 7.55. The highest BCUT2D eigenvalue weighted by atomic mass is 16.3. The number of likely N-dealkylation sites (tertiary alicyclic amines) is 1. The van der Waals surface area contributed by atoms with Gasteiger partial charge in [0.15, 0.2) is 0 Å². The second kappa shape index (κ2) is 6.90. The maximum Gasteiger partial charge on any atom is 0.0967 e. The van der Waals surface area contributed by atoms with Crippen LogP contribution < -0.4 is 0 Å². The Labute approximate surface area is 131 Å². The zero-order valence-electron chi connectivity index (χ0n) is 12.8. The first-order chi connectivity index (χ1) is 10.8. The first-order valence-electron chi connectivity index (χ1n) is 8.11. The largest absolute Gasteiger partial charge is 0.301 e. The Balaban J connectivity index is 1.68. The number of hydrogen-bond donors (Lipinski definition) is 0. The summed E-state index contributed by atoms with van der Waals surface area (Å²) < 4.78 is 0. The molecule has 114 valence electrons. The van der Waals surface area contributed by atoms with E-state index in [2.05, 4.69) is 28.0 Å². The summed E-state index contributed by atoms with van der Waals surface area (Å²) in [6.07, 6.45) is 8.70. The van der Waals surface area contributed by atoms with Crippen LogP contribution in [-0.4, -0.2) is 24.5 Å². The number of nitroso groups, excluding NO2 is 1. The molecule has 0 spiro atoms. The number of fused-ring (bicyclic) bond motifs is 1. The smallest absolute Gasteiger partial charge is 0.0967 e. The van der Waals surface area contributed by atoms with Gasteiger partial charge in [-0.3, -0.25) is 0 Å². The normalized spacial score (nSPS) is 33.8. The maximum atomic E-state index is 10.7. The highest BCUT2D eigenvalue weighted by Crippen LogP contribution is 2.38. The van der Waals surface area contributed by atoms with E-state index in [4.69, 9.17) is 0 Å². The van der Waals surface area contributed by atoms with Gasteiger partial charge in [0.1, 0.15) is 0 Å². The van der Waals surface area contributed by atoms with Gasteiger partial charge in [-0.25, -0.2) is 0 Å². The van der Waals surface area contributed by atoms with Crippen LogP contribution in [-0.2, 0) is 0 Å². The van der Waals surface area contributed by atoms with Crippen LogP contribution in [0.5, 0.6) is 0 Å². The highest BCUT2D eigenvalue weighted by Gasteiger charge is 2.36. The average molecular weight is 295 g/mol. The van der Waals surface area contributed by atoms with Crippen molar-refractivity contribution in [1.82, 2.24) is 4.90 Å². The standard InChI is InChI=1S/C18H21N3O/c19-10-17(13-21-11-15-5-3-6-16(15)12-21)14-4-1-2-7-18(20-22)9-8-14/h8-9,15-17H,3-7,11-13H2/b14-8+,18-9+/t15?,16?,17-/m0/s1. The first-order valence-corrected chi connectivity index (χ1v) is 8.11. The summed E-state index contributed by atoms with van der Waals surface area (Å²) in [6.45, 7) is 3.06. The quantitative estimate of drug-likeness (QED) is 0.591. The number of rotatable bonds is 4. The molecule has 4 nitrogen and oxygen atoms in total. The predicted molar refractivity (Wildman–Crippen MR) is 85.3 cm³/mol. The minimum atomic E-state index is -0.143. The van der Waals surface area contributed by atoms with Crippen molar-refractivity contribution in [3.8, 4) is 17.9 Å². The number of allylic oxidation sites excluding steroid dienone is 3. The Kier molecular flexibility index (Phi) is 4.71. The lowest BCUT2D eigenvalue weighted by Crippen LogP contribution is -2.28. The topological polar surface area (TPSA) is 56.5 Å². The summed E-state index contributed by atoms with van der Waals surface area (Å²) in [7, 11) is 0. The lowest BCUT2D eigenvalue weighted by molar-refractivity contribution is 0.294. The zero-order chi connectivity index (χ0) is 15.4. The fourth-order valence-corrected chi connectivity index (χ4v) is 3.92. The molecule has 3 rings (SSSR count). The third-order valence-corrected chi connectivity index (χ3v) is 5.14. The minimum Gasteiger partial charge on any atom is -0.301 e. The van der Waals surface area contributed by atoms with Crippen LogP contribution in [0.4, 0.5) is 0 Å². The third-order valence-electron chi connectivity index (χ3n) is 5.14. The molecule has 3 aliphatic rings. The van der Waals surface area contributed by atoms with Crippen molar-refractivity contribution in [3.63, 3.8) is 0 Å². The molecule has 0 radical (unpaired) electrons. The van der Waals surface area contributed by atoms with E-state index in [0.717, 1.165) is 37.0 Å². The number of nitriles is 1. The lowest BCUT2D eigenvalue weighted by Gasteiger charge is -2.21. The first kappa shape index (κ1) is 15.0. The van der Waals surface area contributed by atoms with Crippen molar-refractivity contribution in [2.45, 2.75) is 32.1 Å². The summed E-state index contributed by atoms with van der Waals surface area (Å²) in [6, 6.07) is 2.43. The average Bonchev–Trinajstić information content (AvgIpc) is 3.07. The molecule has 0 aromatic heterocycles. The van der Waals surface area contributed by atoms with Gasteiger partial charge in [0, 0.05) is 26.1 Å². The Morgan fingerprint density at radius 3 is 2.68 bits per heavy atom. The highest BCUT2D eigenvalue weighted by molar-refractivity contribution is 5.31. The van der Waals surface area contributed by atoms with Crippen LogP contribution >= 0.6 is 0 Å². The predicted octanol–water partition coefficient (Wildman–Crippen LogP) is 3.23. The fourth-order valence-electron chi connectivity index (χ4n) is 3.92. The lowest BCUT2D eigenvalue weighted by atomic mass is 9.95. The Morgan fingerprint density at radius 1 is 1.27 bits per heavy atom. The molecule has 1 aliphatic heterocycles. The van der Waals surface area contributed by atoms with Gasteiger partial charge in [0.2, 0.25) is 0 Å². The van der Waals surface area contributed by atoms with Gasteiger partial charge < -0.3 is 4.90 Å². The van der Waals surface area contributed by atoms with E-state index < -0.39 is 0 Å². The van der Waals surface area contributed by atoms with E-state index in [-0.39, 0.29) is 5.92 Å². The van der Waals surface area contributed by atoms with Crippen molar-refractivity contribution >= 4 is 0 Å². The van der Waals surface area contributed by atoms with Crippen molar-refractivity contribution < 1.29 is 0 Å². The van der Waals surface area contributed by atoms with Crippen molar-refractivity contribution in [3.05, 3.63) is 28.3 Å². The van der Waals surface area contributed by atoms with Crippen LogP contribution in [0.1, 0.15) is 32.1 Å². The molecule has 0 amide bonds. The second-order valence-corrected chi connectivity index (χ2v) is 6.55. The Hall–Kier alpha value is -1.91. The molecule has 0 N–H and O–H groups in total. The van der Waals surface area contributed by atoms with Crippen LogP contribution in [0.25, 0.3) is 0 Å². The summed E-state index contributed by atoms with van der Waals surface area (Å²) in [5.41, 5.74) is 1.45. The Bertz CT molecular complexity index is 590. The molecule has 1 saturated heterocycles. The van der Waals surface area contributed by atoms with E-state index in [9.17, 15) is 10.2 Å². The number of nitrogens with zero attached hydrogens (tertiary/aromatic N) is 3. The molecule has 2 aliphatic carbocycles. The molecule has 1 heterocycles. The van der Waals surface area contributed by atoms with Crippen LogP contribution in [0.2, 0.25) is 0 Å². The van der Waals surface area contributed by atoms with Gasteiger partial charge in [-0.2, -0.15) is 5.26 Å². The Morgan fingerprint density at radius 2 is 2.00 bits per heavy atom. The van der Waals surface area contributed by atoms with Gasteiger partial charge in [0.05, 0.1) is 24.1 Å². The second-order valence-electron chi connectivity index (χ2n) is 6.55. The van der Waals surface area contributed by atoms with Gasteiger partial charge in [-0.05, 0) is 41.5 Å². The number of hydrogen-bond acceptors (Lipinski definition) is 4. The van der Waals surface area contributed by atoms with E-state index in [1.54, 1.807) is 6.08 Å². The molecule has 22 heavy (non-hydrogen) atoms. The van der Waals surface area contributed by atoms with Gasteiger partial charge in [-0.15, -0.1) is 4.91 Å². The molecule has 1 saturated carbocycles.